The smallest absolute Gasteiger partial charge is 0.410 e. The van der Waals surface area contributed by atoms with Gasteiger partial charge in [0.2, 0.25) is 5.91 Å². The van der Waals surface area contributed by atoms with Crippen LogP contribution >= 0.6 is 23.1 Å². The van der Waals surface area contributed by atoms with Crippen molar-refractivity contribution in [3.05, 3.63) is 148 Å². The maximum absolute atomic E-state index is 14.2. The van der Waals surface area contributed by atoms with Gasteiger partial charge in [0.25, 0.3) is 11.8 Å². The summed E-state index contributed by atoms with van der Waals surface area (Å²) in [6.07, 6.45) is 1.63. The third-order valence-corrected chi connectivity index (χ3v) is 11.2. The van der Waals surface area contributed by atoms with Crippen LogP contribution in [0, 0.1) is 11.3 Å². The van der Waals surface area contributed by atoms with E-state index in [0.29, 0.717) is 57.6 Å². The van der Waals surface area contributed by atoms with Crippen LogP contribution in [-0.2, 0) is 27.3 Å². The molecular formula is C45H43N5O6S2. The molecule has 0 fully saturated rings. The van der Waals surface area contributed by atoms with Gasteiger partial charge in [-0.1, -0.05) is 66.7 Å². The van der Waals surface area contributed by atoms with Gasteiger partial charge >= 0.3 is 6.09 Å². The topological polar surface area (TPSA) is 150 Å². The summed E-state index contributed by atoms with van der Waals surface area (Å²) in [7, 11) is 0. The molecule has 2 heterocycles. The lowest BCUT2D eigenvalue weighted by molar-refractivity contribution is -0.116. The number of carbonyl (C=O) groups excluding carboxylic acids is 4. The Labute approximate surface area is 346 Å². The number of nitrogens with zero attached hydrogens (tertiary/aromatic N) is 2. The molecule has 13 heteroatoms. The second-order valence-corrected chi connectivity index (χ2v) is 16.5. The van der Waals surface area contributed by atoms with Crippen molar-refractivity contribution in [2.24, 2.45) is 0 Å². The molecule has 0 saturated carbocycles. The lowest BCUT2D eigenvalue weighted by Crippen LogP contribution is -2.39. The van der Waals surface area contributed by atoms with E-state index in [9.17, 15) is 24.4 Å². The number of nitrogens with one attached hydrogen (secondary N) is 3. The van der Waals surface area contributed by atoms with Gasteiger partial charge in [-0.15, -0.1) is 23.1 Å². The molecule has 1 aliphatic rings. The first-order chi connectivity index (χ1) is 27.9. The number of thiophene rings is 1. The molecule has 296 valence electrons. The van der Waals surface area contributed by atoms with Gasteiger partial charge in [-0.3, -0.25) is 14.4 Å². The fraction of sp³-hybridized carbons (Fsp3) is 0.222. The van der Waals surface area contributed by atoms with Crippen LogP contribution in [0.1, 0.15) is 70.4 Å². The van der Waals surface area contributed by atoms with E-state index >= 15 is 0 Å². The molecule has 11 nitrogen and oxygen atoms in total. The van der Waals surface area contributed by atoms with Gasteiger partial charge in [-0.05, 0) is 99.3 Å². The van der Waals surface area contributed by atoms with Gasteiger partial charge in [0.05, 0.1) is 18.7 Å². The summed E-state index contributed by atoms with van der Waals surface area (Å²) in [5.74, 6) is -0.648. The molecule has 1 unspecified atom stereocenters. The quantitative estimate of drug-likeness (QED) is 0.0834. The number of hydrogen-bond donors (Lipinski definition) is 3. The highest BCUT2D eigenvalue weighted by Gasteiger charge is 2.31. The number of anilines is 2. The van der Waals surface area contributed by atoms with Crippen LogP contribution < -0.4 is 20.7 Å². The van der Waals surface area contributed by atoms with Gasteiger partial charge in [-0.2, -0.15) is 5.26 Å². The number of ether oxygens (including phenoxy) is 2. The molecule has 58 heavy (non-hydrogen) atoms. The van der Waals surface area contributed by atoms with Gasteiger partial charge in [0.15, 0.2) is 0 Å². The van der Waals surface area contributed by atoms with Gasteiger partial charge in [-0.25, -0.2) is 4.79 Å². The number of hydrogen-bond acceptors (Lipinski definition) is 9. The van der Waals surface area contributed by atoms with E-state index in [0.717, 1.165) is 16.0 Å². The normalized spacial score (nSPS) is 13.0. The Balaban J connectivity index is 1.22. The molecule has 5 aromatic rings. The molecule has 4 amide bonds. The first-order valence-corrected chi connectivity index (χ1v) is 20.4. The van der Waals surface area contributed by atoms with Crippen molar-refractivity contribution in [3.8, 4) is 11.8 Å². The molecule has 6 rings (SSSR count). The Morgan fingerprint density at radius 1 is 0.931 bits per heavy atom. The highest BCUT2D eigenvalue weighted by molar-refractivity contribution is 8.00. The van der Waals surface area contributed by atoms with E-state index in [1.165, 1.54) is 23.1 Å². The van der Waals surface area contributed by atoms with Crippen LogP contribution in [0.25, 0.3) is 6.08 Å². The van der Waals surface area contributed by atoms with Crippen molar-refractivity contribution in [1.29, 1.82) is 5.26 Å². The molecule has 0 radical (unpaired) electrons. The third kappa shape index (κ3) is 10.7. The minimum Gasteiger partial charge on any atom is -0.494 e. The largest absolute Gasteiger partial charge is 0.494 e. The lowest BCUT2D eigenvalue weighted by atomic mass is 10.0. The number of thioether (sulfide) groups is 1. The van der Waals surface area contributed by atoms with Crippen LogP contribution in [0.4, 0.5) is 15.5 Å². The maximum atomic E-state index is 14.2. The highest BCUT2D eigenvalue weighted by atomic mass is 32.2. The Bertz CT molecular complexity index is 2350. The van der Waals surface area contributed by atoms with Crippen LogP contribution in [-0.4, -0.2) is 47.5 Å². The SMILES string of the molecule is CCOc1ccc(/C=C(/NC(=O)c2ccccc2)C(=O)Nc2cccc(SC(C(=O)Nc3sc4c(c3C#N)CCN(C(=O)OC(C)(C)C)C4)c3ccccc3)c2)cc1. The lowest BCUT2D eigenvalue weighted by Gasteiger charge is -2.29. The average molecular weight is 814 g/mol. The molecule has 1 aliphatic heterocycles. The molecule has 0 aliphatic carbocycles. The zero-order valence-electron chi connectivity index (χ0n) is 32.5. The van der Waals surface area contributed by atoms with Gasteiger partial charge < -0.3 is 30.3 Å². The van der Waals surface area contributed by atoms with E-state index in [-0.39, 0.29) is 18.1 Å². The van der Waals surface area contributed by atoms with Crippen molar-refractivity contribution in [2.75, 3.05) is 23.8 Å². The first kappa shape index (κ1) is 41.3. The molecule has 0 spiro atoms. The minimum absolute atomic E-state index is 0.0266. The number of benzene rings is 4. The number of carbonyl (C=O) groups is 4. The number of fused-ring (bicyclic) bond motifs is 1. The molecule has 0 bridgehead atoms. The third-order valence-electron chi connectivity index (χ3n) is 8.77. The second-order valence-electron chi connectivity index (χ2n) is 14.2. The Kier molecular flexibility index (Phi) is 13.3. The first-order valence-electron chi connectivity index (χ1n) is 18.7. The number of nitriles is 1. The summed E-state index contributed by atoms with van der Waals surface area (Å²) < 4.78 is 11.1. The summed E-state index contributed by atoms with van der Waals surface area (Å²) in [5.41, 5.74) is 2.85. The molecular weight excluding hydrogens is 771 g/mol. The number of rotatable bonds is 12. The summed E-state index contributed by atoms with van der Waals surface area (Å²) in [6.45, 7) is 8.53. The Morgan fingerprint density at radius 3 is 2.31 bits per heavy atom. The van der Waals surface area contributed by atoms with Crippen molar-refractivity contribution in [1.82, 2.24) is 10.2 Å². The highest BCUT2D eigenvalue weighted by Crippen LogP contribution is 2.41. The van der Waals surface area contributed by atoms with E-state index < -0.39 is 28.8 Å². The zero-order valence-corrected chi connectivity index (χ0v) is 34.2. The molecule has 1 aromatic heterocycles. The van der Waals surface area contributed by atoms with Crippen molar-refractivity contribution in [3.63, 3.8) is 0 Å². The van der Waals surface area contributed by atoms with Crippen molar-refractivity contribution < 1.29 is 28.7 Å². The average Bonchev–Trinajstić information content (AvgIpc) is 3.56. The van der Waals surface area contributed by atoms with E-state index in [1.54, 1.807) is 83.8 Å². The molecule has 4 aromatic carbocycles. The van der Waals surface area contributed by atoms with Gasteiger partial charge in [0.1, 0.15) is 33.4 Å². The van der Waals surface area contributed by atoms with Gasteiger partial charge in [0, 0.05) is 27.6 Å². The zero-order chi connectivity index (χ0) is 41.2. The maximum Gasteiger partial charge on any atom is 0.410 e. The number of amides is 4. The molecule has 0 saturated heterocycles. The summed E-state index contributed by atoms with van der Waals surface area (Å²) in [6, 6.07) is 34.4. The second kappa shape index (κ2) is 18.7. The summed E-state index contributed by atoms with van der Waals surface area (Å²) in [5, 5.41) is 18.6. The van der Waals surface area contributed by atoms with Crippen LogP contribution in [0.2, 0.25) is 0 Å². The predicted molar refractivity (Wildman–Crippen MR) is 228 cm³/mol. The van der Waals surface area contributed by atoms with Crippen molar-refractivity contribution in [2.45, 2.75) is 56.4 Å². The predicted octanol–water partition coefficient (Wildman–Crippen LogP) is 9.19. The van der Waals surface area contributed by atoms with Crippen LogP contribution in [0.3, 0.4) is 0 Å². The fourth-order valence-electron chi connectivity index (χ4n) is 6.09. The van der Waals surface area contributed by atoms with Crippen LogP contribution in [0.15, 0.2) is 120 Å². The summed E-state index contributed by atoms with van der Waals surface area (Å²) >= 11 is 2.57. The van der Waals surface area contributed by atoms with E-state index in [1.807, 2.05) is 64.1 Å². The molecule has 1 atom stereocenters. The standard InChI is InChI=1S/C45H43N5O6S2/c1-5-55-33-21-19-29(20-22-33)25-37(48-40(51)31-15-10-7-11-16-31)41(52)47-32-17-12-18-34(26-32)57-39(30-13-8-6-9-14-30)42(53)49-43-36(27-46)35-23-24-50(28-38(35)58-43)44(54)56-45(2,3)4/h6-22,25-26,39H,5,23-24,28H2,1-4H3,(H,47,52)(H,48,51)(H,49,53)/b37-25+. The van der Waals surface area contributed by atoms with Crippen molar-refractivity contribution >= 4 is 63.7 Å². The Morgan fingerprint density at radius 2 is 1.64 bits per heavy atom. The Hall–Kier alpha value is -6.36. The van der Waals surface area contributed by atoms with Crippen LogP contribution in [0.5, 0.6) is 5.75 Å². The van der Waals surface area contributed by atoms with E-state index in [2.05, 4.69) is 22.0 Å². The molecule has 3 N–H and O–H groups in total. The minimum atomic E-state index is -0.739. The van der Waals surface area contributed by atoms with E-state index in [4.69, 9.17) is 9.47 Å². The monoisotopic (exact) mass is 813 g/mol. The fourth-order valence-corrected chi connectivity index (χ4v) is 8.39. The summed E-state index contributed by atoms with van der Waals surface area (Å²) in [4.78, 5) is 57.2.